The van der Waals surface area contributed by atoms with Crippen LogP contribution in [0.4, 0.5) is 13.2 Å². The van der Waals surface area contributed by atoms with Gasteiger partial charge in [-0.25, -0.2) is 0 Å². The fourth-order valence-corrected chi connectivity index (χ4v) is 3.23. The van der Waals surface area contributed by atoms with Crippen molar-refractivity contribution in [2.24, 2.45) is 12.0 Å². The van der Waals surface area contributed by atoms with E-state index in [2.05, 4.69) is 25.6 Å². The molecule has 1 aromatic rings. The Kier molecular flexibility index (Phi) is 8.14. The van der Waals surface area contributed by atoms with E-state index in [-0.39, 0.29) is 42.0 Å². The highest BCUT2D eigenvalue weighted by Gasteiger charge is 2.37. The normalized spacial score (nSPS) is 18.4. The first kappa shape index (κ1) is 23.7. The van der Waals surface area contributed by atoms with Crippen LogP contribution >= 0.6 is 24.0 Å². The van der Waals surface area contributed by atoms with Gasteiger partial charge >= 0.3 is 6.18 Å². The summed E-state index contributed by atoms with van der Waals surface area (Å²) in [5.41, 5.74) is -0.809. The van der Waals surface area contributed by atoms with Crippen LogP contribution in [0.3, 0.4) is 0 Å². The lowest BCUT2D eigenvalue weighted by Gasteiger charge is -2.36. The molecule has 3 rings (SSSR count). The van der Waals surface area contributed by atoms with E-state index in [4.69, 9.17) is 0 Å². The zero-order valence-corrected chi connectivity index (χ0v) is 18.8. The zero-order chi connectivity index (χ0) is 20.3. The van der Waals surface area contributed by atoms with Crippen molar-refractivity contribution in [1.29, 1.82) is 0 Å². The SMILES string of the molecule is CN=C(NCc1cn(C)nc1C(F)(F)F)N1CCN(CC(=O)NC2CC2)CC1.I. The highest BCUT2D eigenvalue weighted by molar-refractivity contribution is 14.0. The maximum Gasteiger partial charge on any atom is 0.435 e. The van der Waals surface area contributed by atoms with Gasteiger partial charge in [-0.2, -0.15) is 18.3 Å². The van der Waals surface area contributed by atoms with Gasteiger partial charge in [-0.05, 0) is 12.8 Å². The average Bonchev–Trinajstić information content (AvgIpc) is 3.35. The Morgan fingerprint density at radius 3 is 2.48 bits per heavy atom. The largest absolute Gasteiger partial charge is 0.435 e. The Balaban J connectivity index is 0.00000300. The van der Waals surface area contributed by atoms with Crippen LogP contribution in [0.2, 0.25) is 0 Å². The number of aliphatic imine (C=N–C) groups is 1. The summed E-state index contributed by atoms with van der Waals surface area (Å²) in [6, 6.07) is 0.353. The van der Waals surface area contributed by atoms with Crippen LogP contribution in [0, 0.1) is 0 Å². The van der Waals surface area contributed by atoms with E-state index in [9.17, 15) is 18.0 Å². The summed E-state index contributed by atoms with van der Waals surface area (Å²) in [6.45, 7) is 3.05. The van der Waals surface area contributed by atoms with Crippen LogP contribution < -0.4 is 10.6 Å². The molecule has 1 saturated carbocycles. The first-order valence-electron chi connectivity index (χ1n) is 9.33. The molecule has 1 amide bonds. The monoisotopic (exact) mass is 529 g/mol. The number of guanidine groups is 1. The highest BCUT2D eigenvalue weighted by atomic mass is 127. The molecule has 2 aliphatic rings. The van der Waals surface area contributed by atoms with Crippen molar-refractivity contribution in [2.45, 2.75) is 31.6 Å². The van der Waals surface area contributed by atoms with Crippen molar-refractivity contribution >= 4 is 35.8 Å². The molecule has 12 heteroatoms. The fourth-order valence-electron chi connectivity index (χ4n) is 3.23. The Morgan fingerprint density at radius 2 is 1.93 bits per heavy atom. The van der Waals surface area contributed by atoms with E-state index in [0.717, 1.165) is 17.5 Å². The summed E-state index contributed by atoms with van der Waals surface area (Å²) in [6.07, 6.45) is -1.00. The third-order valence-corrected chi connectivity index (χ3v) is 4.80. The van der Waals surface area contributed by atoms with Gasteiger partial charge in [0.15, 0.2) is 11.7 Å². The van der Waals surface area contributed by atoms with Crippen LogP contribution in [0.25, 0.3) is 0 Å². The predicted molar refractivity (Wildman–Crippen MR) is 113 cm³/mol. The van der Waals surface area contributed by atoms with Gasteiger partial charge in [0, 0.05) is 64.6 Å². The van der Waals surface area contributed by atoms with Gasteiger partial charge in [-0.15, -0.1) is 24.0 Å². The lowest BCUT2D eigenvalue weighted by molar-refractivity contribution is -0.142. The van der Waals surface area contributed by atoms with E-state index in [1.165, 1.54) is 13.2 Å². The number of rotatable bonds is 5. The molecule has 0 bridgehead atoms. The van der Waals surface area contributed by atoms with E-state index >= 15 is 0 Å². The number of aryl methyl sites for hydroxylation is 1. The van der Waals surface area contributed by atoms with Gasteiger partial charge in [0.1, 0.15) is 0 Å². The number of amides is 1. The van der Waals surface area contributed by atoms with E-state index < -0.39 is 11.9 Å². The van der Waals surface area contributed by atoms with Gasteiger partial charge < -0.3 is 15.5 Å². The predicted octanol–water partition coefficient (Wildman–Crippen LogP) is 1.03. The summed E-state index contributed by atoms with van der Waals surface area (Å²) in [5.74, 6) is 0.591. The fraction of sp³-hybridized carbons (Fsp3) is 0.706. The number of hydrogen-bond donors (Lipinski definition) is 2. The van der Waals surface area contributed by atoms with Crippen LogP contribution in [0.15, 0.2) is 11.2 Å². The highest BCUT2D eigenvalue weighted by Crippen LogP contribution is 2.30. The molecule has 1 aromatic heterocycles. The third kappa shape index (κ3) is 6.73. The number of hydrogen-bond acceptors (Lipinski definition) is 4. The van der Waals surface area contributed by atoms with E-state index in [0.29, 0.717) is 44.7 Å². The Hall–Kier alpha value is -1.57. The summed E-state index contributed by atoms with van der Waals surface area (Å²) in [7, 11) is 3.07. The molecule has 0 aromatic carbocycles. The van der Waals surface area contributed by atoms with Crippen molar-refractivity contribution in [3.8, 4) is 0 Å². The molecule has 2 fully saturated rings. The minimum absolute atomic E-state index is 0. The lowest BCUT2D eigenvalue weighted by Crippen LogP contribution is -2.54. The van der Waals surface area contributed by atoms with Gasteiger partial charge in [-0.1, -0.05) is 0 Å². The molecule has 0 spiro atoms. The number of piperazine rings is 1. The van der Waals surface area contributed by atoms with E-state index in [1.807, 2.05) is 4.90 Å². The Bertz CT molecular complexity index is 725. The second kappa shape index (κ2) is 9.96. The number of halogens is 4. The van der Waals surface area contributed by atoms with Crippen molar-refractivity contribution < 1.29 is 18.0 Å². The zero-order valence-electron chi connectivity index (χ0n) is 16.5. The molecule has 1 aliphatic heterocycles. The van der Waals surface area contributed by atoms with Crippen LogP contribution in [-0.2, 0) is 24.6 Å². The maximum absolute atomic E-state index is 13.1. The number of aromatic nitrogens is 2. The van der Waals surface area contributed by atoms with Crippen LogP contribution in [0.1, 0.15) is 24.1 Å². The number of carbonyl (C=O) groups is 1. The lowest BCUT2D eigenvalue weighted by atomic mass is 10.2. The number of nitrogens with zero attached hydrogens (tertiary/aromatic N) is 5. The second-order valence-corrected chi connectivity index (χ2v) is 7.18. The third-order valence-electron chi connectivity index (χ3n) is 4.80. The van der Waals surface area contributed by atoms with Gasteiger partial charge in [0.25, 0.3) is 0 Å². The molecule has 0 atom stereocenters. The number of nitrogens with one attached hydrogen (secondary N) is 2. The Morgan fingerprint density at radius 1 is 1.28 bits per heavy atom. The summed E-state index contributed by atoms with van der Waals surface area (Å²) in [5, 5.41) is 9.48. The molecule has 29 heavy (non-hydrogen) atoms. The van der Waals surface area contributed by atoms with Crippen molar-refractivity contribution in [1.82, 2.24) is 30.2 Å². The number of carbonyl (C=O) groups excluding carboxylic acids is 1. The molecule has 2 N–H and O–H groups in total. The first-order chi connectivity index (χ1) is 13.3. The van der Waals surface area contributed by atoms with Crippen LogP contribution in [0.5, 0.6) is 0 Å². The summed E-state index contributed by atoms with van der Waals surface area (Å²) in [4.78, 5) is 20.1. The number of alkyl halides is 3. The quantitative estimate of drug-likeness (QED) is 0.339. The second-order valence-electron chi connectivity index (χ2n) is 7.18. The molecule has 0 radical (unpaired) electrons. The summed E-state index contributed by atoms with van der Waals surface area (Å²) < 4.78 is 40.4. The molecule has 1 aliphatic carbocycles. The Labute approximate surface area is 184 Å². The molecule has 164 valence electrons. The minimum Gasteiger partial charge on any atom is -0.352 e. The molecular formula is C17H27F3IN7O. The van der Waals surface area contributed by atoms with Gasteiger partial charge in [-0.3, -0.25) is 19.4 Å². The molecule has 2 heterocycles. The minimum atomic E-state index is -4.49. The average molecular weight is 529 g/mol. The smallest absolute Gasteiger partial charge is 0.352 e. The van der Waals surface area contributed by atoms with Crippen molar-refractivity contribution in [3.63, 3.8) is 0 Å². The first-order valence-corrected chi connectivity index (χ1v) is 9.33. The molecule has 8 nitrogen and oxygen atoms in total. The van der Waals surface area contributed by atoms with Gasteiger partial charge in [0.2, 0.25) is 5.91 Å². The summed E-state index contributed by atoms with van der Waals surface area (Å²) >= 11 is 0. The van der Waals surface area contributed by atoms with Crippen molar-refractivity contribution in [2.75, 3.05) is 39.8 Å². The standard InChI is InChI=1S/C17H26F3N7O.HI/c1-21-16(22-9-12-10-25(2)24-15(12)17(18,19)20)27-7-5-26(6-8-27)11-14(28)23-13-3-4-13;/h10,13H,3-9,11H2,1-2H3,(H,21,22)(H,23,28);1H. The molecule has 1 saturated heterocycles. The molecule has 0 unspecified atom stereocenters. The maximum atomic E-state index is 13.1. The van der Waals surface area contributed by atoms with Crippen molar-refractivity contribution in [3.05, 3.63) is 17.5 Å². The topological polar surface area (TPSA) is 77.8 Å². The van der Waals surface area contributed by atoms with Crippen LogP contribution in [-0.4, -0.2) is 77.3 Å². The van der Waals surface area contributed by atoms with E-state index in [1.54, 1.807) is 7.05 Å². The van der Waals surface area contributed by atoms with Gasteiger partial charge in [0.05, 0.1) is 6.54 Å². The molecular weight excluding hydrogens is 502 g/mol.